The Bertz CT molecular complexity index is 1030. The molecule has 1 aromatic carbocycles. The molecule has 2 aromatic heterocycles. The maximum Gasteiger partial charge on any atom is 0.287 e. The molecule has 3 aromatic rings. The SMILES string of the molecule is O=C(Nc1ccc(Cl)c(Cl)c1)c1nc(C(=O)NC2CC2)n2ccccc12. The number of anilines is 1. The molecule has 0 bridgehead atoms. The molecule has 0 unspecified atom stereocenters. The second-order valence-corrected chi connectivity index (χ2v) is 6.89. The first-order chi connectivity index (χ1) is 12.5. The van der Waals surface area contributed by atoms with E-state index in [9.17, 15) is 9.59 Å². The molecule has 0 radical (unpaired) electrons. The molecule has 132 valence electrons. The van der Waals surface area contributed by atoms with Crippen LogP contribution in [0.3, 0.4) is 0 Å². The molecule has 1 saturated carbocycles. The number of hydrogen-bond acceptors (Lipinski definition) is 3. The monoisotopic (exact) mass is 388 g/mol. The number of halogens is 2. The van der Waals surface area contributed by atoms with Crippen LogP contribution in [0, 0.1) is 0 Å². The van der Waals surface area contributed by atoms with E-state index in [1.54, 1.807) is 47.0 Å². The molecule has 26 heavy (non-hydrogen) atoms. The van der Waals surface area contributed by atoms with Gasteiger partial charge in [0.15, 0.2) is 5.69 Å². The van der Waals surface area contributed by atoms with E-state index in [4.69, 9.17) is 23.2 Å². The predicted octanol–water partition coefficient (Wildman–Crippen LogP) is 3.79. The van der Waals surface area contributed by atoms with Crippen LogP contribution in [0.2, 0.25) is 10.0 Å². The third kappa shape index (κ3) is 3.25. The lowest BCUT2D eigenvalue weighted by Crippen LogP contribution is -2.27. The van der Waals surface area contributed by atoms with Gasteiger partial charge in [-0.2, -0.15) is 0 Å². The number of imidazole rings is 1. The molecular weight excluding hydrogens is 375 g/mol. The van der Waals surface area contributed by atoms with Crippen LogP contribution in [-0.4, -0.2) is 27.2 Å². The molecule has 4 rings (SSSR count). The molecule has 0 aliphatic heterocycles. The molecule has 0 saturated heterocycles. The minimum absolute atomic E-state index is 0.164. The molecular formula is C18H14Cl2N4O2. The van der Waals surface area contributed by atoms with Crippen molar-refractivity contribution < 1.29 is 9.59 Å². The van der Waals surface area contributed by atoms with Crippen LogP contribution < -0.4 is 10.6 Å². The maximum absolute atomic E-state index is 12.7. The first-order valence-corrected chi connectivity index (χ1v) is 8.83. The number of carbonyl (C=O) groups excluding carboxylic acids is 2. The van der Waals surface area contributed by atoms with Gasteiger partial charge in [0.1, 0.15) is 0 Å². The van der Waals surface area contributed by atoms with Gasteiger partial charge in [-0.1, -0.05) is 29.3 Å². The van der Waals surface area contributed by atoms with Crippen molar-refractivity contribution in [2.45, 2.75) is 18.9 Å². The maximum atomic E-state index is 12.7. The van der Waals surface area contributed by atoms with Crippen molar-refractivity contribution in [1.82, 2.24) is 14.7 Å². The number of fused-ring (bicyclic) bond motifs is 1. The quantitative estimate of drug-likeness (QED) is 0.713. The van der Waals surface area contributed by atoms with Crippen LogP contribution in [0.5, 0.6) is 0 Å². The molecule has 8 heteroatoms. The van der Waals surface area contributed by atoms with Crippen molar-refractivity contribution in [1.29, 1.82) is 0 Å². The number of hydrogen-bond donors (Lipinski definition) is 2. The lowest BCUT2D eigenvalue weighted by Gasteiger charge is -2.05. The van der Waals surface area contributed by atoms with Crippen molar-refractivity contribution in [3.8, 4) is 0 Å². The van der Waals surface area contributed by atoms with Crippen LogP contribution in [0.1, 0.15) is 33.9 Å². The zero-order valence-corrected chi connectivity index (χ0v) is 15.0. The Hall–Kier alpha value is -2.57. The van der Waals surface area contributed by atoms with Crippen LogP contribution in [0.4, 0.5) is 5.69 Å². The van der Waals surface area contributed by atoms with Crippen molar-refractivity contribution in [2.24, 2.45) is 0 Å². The number of benzene rings is 1. The van der Waals surface area contributed by atoms with Crippen molar-refractivity contribution >= 4 is 46.2 Å². The Morgan fingerprint density at radius 3 is 2.62 bits per heavy atom. The van der Waals surface area contributed by atoms with Crippen molar-refractivity contribution in [3.05, 3.63) is 64.2 Å². The van der Waals surface area contributed by atoms with Crippen LogP contribution in [0.25, 0.3) is 5.52 Å². The average molecular weight is 389 g/mol. The van der Waals surface area contributed by atoms with E-state index in [-0.39, 0.29) is 23.5 Å². The highest BCUT2D eigenvalue weighted by atomic mass is 35.5. The summed E-state index contributed by atoms with van der Waals surface area (Å²) in [6, 6.07) is 10.3. The fourth-order valence-electron chi connectivity index (χ4n) is 2.61. The second-order valence-electron chi connectivity index (χ2n) is 6.07. The highest BCUT2D eigenvalue weighted by molar-refractivity contribution is 6.42. The Morgan fingerprint density at radius 1 is 1.08 bits per heavy atom. The zero-order valence-electron chi connectivity index (χ0n) is 13.5. The van der Waals surface area contributed by atoms with Gasteiger partial charge in [0.05, 0.1) is 15.6 Å². The van der Waals surface area contributed by atoms with E-state index >= 15 is 0 Å². The second kappa shape index (κ2) is 6.63. The molecule has 1 aliphatic carbocycles. The van der Waals surface area contributed by atoms with Gasteiger partial charge < -0.3 is 10.6 Å². The molecule has 1 fully saturated rings. The van der Waals surface area contributed by atoms with Crippen molar-refractivity contribution in [2.75, 3.05) is 5.32 Å². The summed E-state index contributed by atoms with van der Waals surface area (Å²) < 4.78 is 1.61. The van der Waals surface area contributed by atoms with Crippen molar-refractivity contribution in [3.63, 3.8) is 0 Å². The standard InChI is InChI=1S/C18H14Cl2N4O2/c19-12-7-6-11(9-13(12)20)22-17(25)15-14-3-1-2-8-24(14)16(23-15)18(26)21-10-4-5-10/h1-3,6-10H,4-5H2,(H,21,26)(H,22,25). The summed E-state index contributed by atoms with van der Waals surface area (Å²) in [4.78, 5) is 29.4. The number of nitrogens with zero attached hydrogens (tertiary/aromatic N) is 2. The number of carbonyl (C=O) groups is 2. The zero-order chi connectivity index (χ0) is 18.3. The minimum Gasteiger partial charge on any atom is -0.347 e. The predicted molar refractivity (Wildman–Crippen MR) is 100 cm³/mol. The number of amides is 2. The third-order valence-electron chi connectivity index (χ3n) is 4.06. The number of rotatable bonds is 4. The Labute approximate surface area is 159 Å². The molecule has 2 heterocycles. The van der Waals surface area contributed by atoms with E-state index < -0.39 is 5.91 Å². The van der Waals surface area contributed by atoms with Gasteiger partial charge in [-0.15, -0.1) is 0 Å². The Morgan fingerprint density at radius 2 is 1.88 bits per heavy atom. The van der Waals surface area contributed by atoms with Gasteiger partial charge in [0, 0.05) is 17.9 Å². The fraction of sp³-hybridized carbons (Fsp3) is 0.167. The summed E-state index contributed by atoms with van der Waals surface area (Å²) in [6.45, 7) is 0. The van der Waals surface area contributed by atoms with E-state index in [2.05, 4.69) is 15.6 Å². The highest BCUT2D eigenvalue weighted by Gasteiger charge is 2.27. The molecule has 2 N–H and O–H groups in total. The Kier molecular flexibility index (Phi) is 4.30. The fourth-order valence-corrected chi connectivity index (χ4v) is 2.90. The summed E-state index contributed by atoms with van der Waals surface area (Å²) in [5, 5.41) is 6.36. The molecule has 0 atom stereocenters. The molecule has 6 nitrogen and oxygen atoms in total. The number of pyridine rings is 1. The number of aromatic nitrogens is 2. The van der Waals surface area contributed by atoms with E-state index in [0.29, 0.717) is 21.2 Å². The van der Waals surface area contributed by atoms with Crippen LogP contribution >= 0.6 is 23.2 Å². The van der Waals surface area contributed by atoms with Gasteiger partial charge >= 0.3 is 0 Å². The largest absolute Gasteiger partial charge is 0.347 e. The third-order valence-corrected chi connectivity index (χ3v) is 4.80. The normalized spacial score (nSPS) is 13.6. The molecule has 0 spiro atoms. The van der Waals surface area contributed by atoms with E-state index in [1.165, 1.54) is 0 Å². The Balaban J connectivity index is 1.67. The molecule has 1 aliphatic rings. The van der Waals surface area contributed by atoms with E-state index in [1.807, 2.05) is 0 Å². The first-order valence-electron chi connectivity index (χ1n) is 8.07. The highest BCUT2D eigenvalue weighted by Crippen LogP contribution is 2.26. The van der Waals surface area contributed by atoms with Gasteiger partial charge in [-0.25, -0.2) is 4.98 Å². The van der Waals surface area contributed by atoms with Gasteiger partial charge in [-0.3, -0.25) is 14.0 Å². The summed E-state index contributed by atoms with van der Waals surface area (Å²) in [5.41, 5.74) is 1.20. The smallest absolute Gasteiger partial charge is 0.287 e. The summed E-state index contributed by atoms with van der Waals surface area (Å²) in [7, 11) is 0. The van der Waals surface area contributed by atoms with Gasteiger partial charge in [0.25, 0.3) is 11.8 Å². The average Bonchev–Trinajstić information content (AvgIpc) is 3.34. The summed E-state index contributed by atoms with van der Waals surface area (Å²) in [5.74, 6) is -0.536. The molecule has 2 amide bonds. The first kappa shape index (κ1) is 16.9. The van der Waals surface area contributed by atoms with Gasteiger partial charge in [0.2, 0.25) is 5.82 Å². The topological polar surface area (TPSA) is 75.5 Å². The van der Waals surface area contributed by atoms with Gasteiger partial charge in [-0.05, 0) is 43.2 Å². The number of nitrogens with one attached hydrogen (secondary N) is 2. The summed E-state index contributed by atoms with van der Waals surface area (Å²) in [6.07, 6.45) is 3.65. The van der Waals surface area contributed by atoms with E-state index in [0.717, 1.165) is 12.8 Å². The lowest BCUT2D eigenvalue weighted by atomic mass is 10.3. The van der Waals surface area contributed by atoms with Crippen LogP contribution in [-0.2, 0) is 0 Å². The lowest BCUT2D eigenvalue weighted by molar-refractivity contribution is 0.0940. The minimum atomic E-state index is -0.433. The van der Waals surface area contributed by atoms with Crippen LogP contribution in [0.15, 0.2) is 42.6 Å². The summed E-state index contributed by atoms with van der Waals surface area (Å²) >= 11 is 11.9.